The van der Waals surface area contributed by atoms with Crippen molar-refractivity contribution in [3.05, 3.63) is 59.3 Å². The maximum atomic E-state index is 14.3. The van der Waals surface area contributed by atoms with E-state index in [1.165, 1.54) is 31.0 Å². The van der Waals surface area contributed by atoms with E-state index in [-0.39, 0.29) is 11.4 Å². The van der Waals surface area contributed by atoms with E-state index in [0.29, 0.717) is 23.2 Å². The summed E-state index contributed by atoms with van der Waals surface area (Å²) in [6, 6.07) is 6.17. The SMILES string of the molecule is Cc1cnccc1Nc1nc(-c2cc(Cl)ccc2F)ncc1OCCN1CCCC1. The third kappa shape index (κ3) is 4.86. The molecule has 8 heteroatoms. The number of nitrogens with one attached hydrogen (secondary N) is 1. The molecule has 0 unspecified atom stereocenters. The second kappa shape index (κ2) is 9.36. The number of hydrogen-bond donors (Lipinski definition) is 1. The average molecular weight is 428 g/mol. The molecule has 3 heterocycles. The average Bonchev–Trinajstić information content (AvgIpc) is 3.26. The third-order valence-corrected chi connectivity index (χ3v) is 5.30. The van der Waals surface area contributed by atoms with Crippen molar-refractivity contribution in [3.8, 4) is 17.1 Å². The first-order chi connectivity index (χ1) is 14.6. The van der Waals surface area contributed by atoms with E-state index in [0.717, 1.165) is 30.9 Å². The first kappa shape index (κ1) is 20.5. The van der Waals surface area contributed by atoms with Crippen LogP contribution in [0.1, 0.15) is 18.4 Å². The summed E-state index contributed by atoms with van der Waals surface area (Å²) in [6.07, 6.45) is 7.50. The number of aryl methyl sites for hydroxylation is 1. The van der Waals surface area contributed by atoms with Crippen LogP contribution in [0.5, 0.6) is 5.75 Å². The lowest BCUT2D eigenvalue weighted by molar-refractivity contribution is 0.237. The van der Waals surface area contributed by atoms with Gasteiger partial charge < -0.3 is 10.1 Å². The molecule has 0 spiro atoms. The molecule has 30 heavy (non-hydrogen) atoms. The van der Waals surface area contributed by atoms with Gasteiger partial charge in [-0.25, -0.2) is 14.4 Å². The summed E-state index contributed by atoms with van der Waals surface area (Å²) < 4.78 is 20.3. The van der Waals surface area contributed by atoms with Crippen molar-refractivity contribution in [1.82, 2.24) is 19.9 Å². The summed E-state index contributed by atoms with van der Waals surface area (Å²) in [7, 11) is 0. The normalized spacial score (nSPS) is 14.1. The van der Waals surface area contributed by atoms with Crippen molar-refractivity contribution < 1.29 is 9.13 Å². The minimum Gasteiger partial charge on any atom is -0.487 e. The maximum absolute atomic E-state index is 14.3. The molecule has 1 saturated heterocycles. The van der Waals surface area contributed by atoms with E-state index in [9.17, 15) is 4.39 Å². The molecule has 0 amide bonds. The van der Waals surface area contributed by atoms with Gasteiger partial charge >= 0.3 is 0 Å². The van der Waals surface area contributed by atoms with Crippen LogP contribution in [0.4, 0.5) is 15.9 Å². The van der Waals surface area contributed by atoms with Crippen LogP contribution in [0.2, 0.25) is 5.02 Å². The Kier molecular flexibility index (Phi) is 6.40. The van der Waals surface area contributed by atoms with Crippen molar-refractivity contribution >= 4 is 23.1 Å². The summed E-state index contributed by atoms with van der Waals surface area (Å²) in [5, 5.41) is 3.70. The van der Waals surface area contributed by atoms with Gasteiger partial charge in [0.25, 0.3) is 0 Å². The molecule has 0 atom stereocenters. The molecule has 0 aliphatic carbocycles. The molecule has 0 bridgehead atoms. The number of nitrogens with zero attached hydrogens (tertiary/aromatic N) is 4. The van der Waals surface area contributed by atoms with Gasteiger partial charge in [-0.1, -0.05) is 11.6 Å². The van der Waals surface area contributed by atoms with Crippen molar-refractivity contribution in [1.29, 1.82) is 0 Å². The number of anilines is 2. The molecule has 1 N–H and O–H groups in total. The lowest BCUT2D eigenvalue weighted by Crippen LogP contribution is -2.25. The topological polar surface area (TPSA) is 63.2 Å². The molecule has 2 aromatic heterocycles. The standard InChI is InChI=1S/C22H23ClFN5O/c1-15-13-25-7-6-19(15)27-22-20(30-11-10-29-8-2-3-9-29)14-26-21(28-22)17-12-16(23)4-5-18(17)24/h4-7,12-14H,2-3,8-11H2,1H3,(H,25,26,27,28). The Hall–Kier alpha value is -2.77. The minimum atomic E-state index is -0.437. The van der Waals surface area contributed by atoms with Crippen molar-refractivity contribution in [2.45, 2.75) is 19.8 Å². The molecular formula is C22H23ClFN5O. The Balaban J connectivity index is 1.62. The quantitative estimate of drug-likeness (QED) is 0.581. The fourth-order valence-corrected chi connectivity index (χ4v) is 3.57. The monoisotopic (exact) mass is 427 g/mol. The number of hydrogen-bond acceptors (Lipinski definition) is 6. The van der Waals surface area contributed by atoms with Gasteiger partial charge in [-0.3, -0.25) is 9.88 Å². The zero-order chi connectivity index (χ0) is 20.9. The van der Waals surface area contributed by atoms with E-state index in [1.807, 2.05) is 13.0 Å². The summed E-state index contributed by atoms with van der Waals surface area (Å²) in [6.45, 7) is 5.53. The summed E-state index contributed by atoms with van der Waals surface area (Å²) in [5.41, 5.74) is 2.03. The van der Waals surface area contributed by atoms with Gasteiger partial charge in [-0.2, -0.15) is 0 Å². The molecule has 0 radical (unpaired) electrons. The number of ether oxygens (including phenoxy) is 1. The number of benzene rings is 1. The molecule has 3 aromatic rings. The van der Waals surface area contributed by atoms with Gasteiger partial charge in [0.15, 0.2) is 17.4 Å². The summed E-state index contributed by atoms with van der Waals surface area (Å²) in [4.78, 5) is 15.4. The van der Waals surface area contributed by atoms with Gasteiger partial charge in [0.1, 0.15) is 12.4 Å². The van der Waals surface area contributed by atoms with E-state index in [1.54, 1.807) is 18.6 Å². The summed E-state index contributed by atoms with van der Waals surface area (Å²) >= 11 is 6.04. The van der Waals surface area contributed by atoms with E-state index in [4.69, 9.17) is 16.3 Å². The predicted octanol–water partition coefficient (Wildman–Crippen LogP) is 4.86. The minimum absolute atomic E-state index is 0.233. The molecular weight excluding hydrogens is 405 g/mol. The highest BCUT2D eigenvalue weighted by Gasteiger charge is 2.16. The van der Waals surface area contributed by atoms with Crippen LogP contribution in [-0.2, 0) is 0 Å². The van der Waals surface area contributed by atoms with Crippen LogP contribution in [0.25, 0.3) is 11.4 Å². The van der Waals surface area contributed by atoms with Crippen LogP contribution in [0, 0.1) is 12.7 Å². The smallest absolute Gasteiger partial charge is 0.180 e. The Morgan fingerprint density at radius 3 is 2.83 bits per heavy atom. The van der Waals surface area contributed by atoms with Gasteiger partial charge in [-0.15, -0.1) is 0 Å². The number of pyridine rings is 1. The Morgan fingerprint density at radius 2 is 2.03 bits per heavy atom. The molecule has 0 saturated carbocycles. The zero-order valence-electron chi connectivity index (χ0n) is 16.7. The highest BCUT2D eigenvalue weighted by Crippen LogP contribution is 2.30. The first-order valence-corrected chi connectivity index (χ1v) is 10.3. The van der Waals surface area contributed by atoms with E-state index >= 15 is 0 Å². The molecule has 1 aromatic carbocycles. The van der Waals surface area contributed by atoms with Crippen LogP contribution in [0.3, 0.4) is 0 Å². The molecule has 1 fully saturated rings. The van der Waals surface area contributed by atoms with Gasteiger partial charge in [0, 0.05) is 29.6 Å². The second-order valence-electron chi connectivity index (χ2n) is 7.24. The molecule has 4 rings (SSSR count). The predicted molar refractivity (Wildman–Crippen MR) is 116 cm³/mol. The third-order valence-electron chi connectivity index (χ3n) is 5.06. The Bertz CT molecular complexity index is 1030. The van der Waals surface area contributed by atoms with E-state index in [2.05, 4.69) is 25.2 Å². The number of aromatic nitrogens is 3. The van der Waals surface area contributed by atoms with Crippen LogP contribution in [-0.4, -0.2) is 46.1 Å². The highest BCUT2D eigenvalue weighted by molar-refractivity contribution is 6.30. The van der Waals surface area contributed by atoms with Crippen molar-refractivity contribution in [3.63, 3.8) is 0 Å². The van der Waals surface area contributed by atoms with Crippen LogP contribution >= 0.6 is 11.6 Å². The van der Waals surface area contributed by atoms with Crippen LogP contribution in [0.15, 0.2) is 42.9 Å². The highest BCUT2D eigenvalue weighted by atomic mass is 35.5. The zero-order valence-corrected chi connectivity index (χ0v) is 17.5. The largest absolute Gasteiger partial charge is 0.487 e. The fourth-order valence-electron chi connectivity index (χ4n) is 3.40. The first-order valence-electron chi connectivity index (χ1n) is 9.95. The van der Waals surface area contributed by atoms with Crippen LogP contribution < -0.4 is 10.1 Å². The second-order valence-corrected chi connectivity index (χ2v) is 7.68. The number of halogens is 2. The lowest BCUT2D eigenvalue weighted by Gasteiger charge is -2.17. The number of likely N-dealkylation sites (tertiary alicyclic amines) is 1. The van der Waals surface area contributed by atoms with E-state index < -0.39 is 5.82 Å². The molecule has 1 aliphatic rings. The molecule has 156 valence electrons. The molecule has 6 nitrogen and oxygen atoms in total. The van der Waals surface area contributed by atoms with Gasteiger partial charge in [0.2, 0.25) is 0 Å². The maximum Gasteiger partial charge on any atom is 0.180 e. The van der Waals surface area contributed by atoms with Gasteiger partial charge in [-0.05, 0) is 62.7 Å². The summed E-state index contributed by atoms with van der Waals surface area (Å²) in [5.74, 6) is 0.774. The van der Waals surface area contributed by atoms with Crippen molar-refractivity contribution in [2.75, 3.05) is 31.6 Å². The Morgan fingerprint density at radius 1 is 1.20 bits per heavy atom. The Labute approximate surface area is 180 Å². The fraction of sp³-hybridized carbons (Fsp3) is 0.318. The van der Waals surface area contributed by atoms with Crippen molar-refractivity contribution in [2.24, 2.45) is 0 Å². The van der Waals surface area contributed by atoms with Gasteiger partial charge in [0.05, 0.1) is 11.8 Å². The lowest BCUT2D eigenvalue weighted by atomic mass is 10.2. The number of rotatable bonds is 7. The molecule has 1 aliphatic heterocycles.